The van der Waals surface area contributed by atoms with Crippen molar-refractivity contribution in [1.82, 2.24) is 9.97 Å². The number of aryl methyl sites for hydroxylation is 1. The van der Waals surface area contributed by atoms with Crippen LogP contribution in [0.1, 0.15) is 55.3 Å². The van der Waals surface area contributed by atoms with Crippen LogP contribution >= 0.6 is 23.1 Å². The van der Waals surface area contributed by atoms with Gasteiger partial charge in [0.15, 0.2) is 0 Å². The van der Waals surface area contributed by atoms with Crippen molar-refractivity contribution in [3.8, 4) is 0 Å². The quantitative estimate of drug-likeness (QED) is 0.450. The molecule has 0 amide bonds. The Morgan fingerprint density at radius 1 is 1.33 bits per heavy atom. The fourth-order valence-electron chi connectivity index (χ4n) is 3.28. The summed E-state index contributed by atoms with van der Waals surface area (Å²) in [4.78, 5) is 24.1. The summed E-state index contributed by atoms with van der Waals surface area (Å²) in [7, 11) is 0. The highest BCUT2D eigenvalue weighted by atomic mass is 32.2. The largest absolute Gasteiger partial charge is 0.465 e. The molecule has 0 spiro atoms. The van der Waals surface area contributed by atoms with E-state index in [4.69, 9.17) is 14.7 Å². The molecule has 2 aromatic heterocycles. The maximum Gasteiger partial charge on any atom is 0.316 e. The Bertz CT molecular complexity index is 783. The zero-order valence-electron chi connectivity index (χ0n) is 14.1. The molecule has 128 valence electrons. The van der Waals surface area contributed by atoms with Crippen LogP contribution in [0.25, 0.3) is 10.2 Å². The smallest absolute Gasteiger partial charge is 0.316 e. The first-order chi connectivity index (χ1) is 11.7. The van der Waals surface area contributed by atoms with E-state index in [0.29, 0.717) is 18.3 Å². The van der Waals surface area contributed by atoms with Crippen molar-refractivity contribution in [2.24, 2.45) is 5.92 Å². The fraction of sp³-hybridized carbons (Fsp3) is 0.611. The summed E-state index contributed by atoms with van der Waals surface area (Å²) in [5.41, 5.74) is 1.43. The number of esters is 1. The zero-order valence-corrected chi connectivity index (χ0v) is 15.8. The number of aromatic nitrogens is 2. The lowest BCUT2D eigenvalue weighted by molar-refractivity contribution is -0.139. The van der Waals surface area contributed by atoms with Gasteiger partial charge in [-0.3, -0.25) is 4.79 Å². The third-order valence-corrected chi connectivity index (χ3v) is 6.81. The number of thiophene rings is 1. The summed E-state index contributed by atoms with van der Waals surface area (Å²) in [5.74, 6) is 2.40. The van der Waals surface area contributed by atoms with Crippen LogP contribution in [0, 0.1) is 5.92 Å². The predicted molar refractivity (Wildman–Crippen MR) is 97.9 cm³/mol. The number of nitrogens with zero attached hydrogens (tertiary/aromatic N) is 2. The Balaban J connectivity index is 1.72. The van der Waals surface area contributed by atoms with Gasteiger partial charge in [0, 0.05) is 16.2 Å². The van der Waals surface area contributed by atoms with Crippen molar-refractivity contribution in [1.29, 1.82) is 0 Å². The SMILES string of the molecule is CCOC(=O)CSc1nc(C2CC2)nc2sc3c(c12)CCC(C)C3. The van der Waals surface area contributed by atoms with Gasteiger partial charge >= 0.3 is 5.97 Å². The van der Waals surface area contributed by atoms with Crippen LogP contribution in [0.2, 0.25) is 0 Å². The van der Waals surface area contributed by atoms with Gasteiger partial charge in [0.2, 0.25) is 0 Å². The molecule has 24 heavy (non-hydrogen) atoms. The Labute approximate surface area is 150 Å². The monoisotopic (exact) mass is 362 g/mol. The van der Waals surface area contributed by atoms with E-state index >= 15 is 0 Å². The molecule has 0 bridgehead atoms. The van der Waals surface area contributed by atoms with Gasteiger partial charge in [-0.1, -0.05) is 18.7 Å². The molecule has 2 aliphatic carbocycles. The Morgan fingerprint density at radius 3 is 2.92 bits per heavy atom. The molecule has 0 N–H and O–H groups in total. The van der Waals surface area contributed by atoms with Crippen LogP contribution in [-0.2, 0) is 22.4 Å². The first-order valence-corrected chi connectivity index (χ1v) is 10.6. The number of hydrogen-bond donors (Lipinski definition) is 0. The van der Waals surface area contributed by atoms with Crippen molar-refractivity contribution in [2.75, 3.05) is 12.4 Å². The highest BCUT2D eigenvalue weighted by Crippen LogP contribution is 2.44. The van der Waals surface area contributed by atoms with E-state index in [-0.39, 0.29) is 5.97 Å². The highest BCUT2D eigenvalue weighted by molar-refractivity contribution is 8.00. The van der Waals surface area contributed by atoms with E-state index < -0.39 is 0 Å². The Hall–Kier alpha value is -1.14. The number of fused-ring (bicyclic) bond motifs is 3. The molecular weight excluding hydrogens is 340 g/mol. The van der Waals surface area contributed by atoms with Crippen molar-refractivity contribution in [2.45, 2.75) is 56.9 Å². The molecule has 2 aromatic rings. The van der Waals surface area contributed by atoms with Crippen LogP contribution in [0.5, 0.6) is 0 Å². The normalized spacial score (nSPS) is 20.2. The van der Waals surface area contributed by atoms with Crippen LogP contribution in [0.15, 0.2) is 5.03 Å². The molecule has 1 atom stereocenters. The fourth-order valence-corrected chi connectivity index (χ4v) is 5.60. The molecule has 1 unspecified atom stereocenters. The summed E-state index contributed by atoms with van der Waals surface area (Å²) in [6.45, 7) is 4.59. The van der Waals surface area contributed by atoms with Crippen molar-refractivity contribution in [3.05, 3.63) is 16.3 Å². The van der Waals surface area contributed by atoms with Crippen molar-refractivity contribution < 1.29 is 9.53 Å². The summed E-state index contributed by atoms with van der Waals surface area (Å²) in [5, 5.41) is 2.20. The maximum absolute atomic E-state index is 11.8. The molecule has 6 heteroatoms. The van der Waals surface area contributed by atoms with Gasteiger partial charge in [0.1, 0.15) is 15.7 Å². The van der Waals surface area contributed by atoms with E-state index in [0.717, 1.165) is 34.4 Å². The molecule has 0 aromatic carbocycles. The van der Waals surface area contributed by atoms with E-state index in [1.807, 2.05) is 18.3 Å². The second kappa shape index (κ2) is 6.64. The molecule has 0 radical (unpaired) electrons. The molecule has 4 rings (SSSR count). The molecule has 0 aliphatic heterocycles. The van der Waals surface area contributed by atoms with Crippen LogP contribution in [0.4, 0.5) is 0 Å². The van der Waals surface area contributed by atoms with Gasteiger partial charge in [-0.05, 0) is 50.5 Å². The van der Waals surface area contributed by atoms with Crippen molar-refractivity contribution >= 4 is 39.3 Å². The zero-order chi connectivity index (χ0) is 16.7. The number of carbonyl (C=O) groups is 1. The van der Waals surface area contributed by atoms with Gasteiger partial charge in [-0.25, -0.2) is 9.97 Å². The maximum atomic E-state index is 11.8. The molecule has 4 nitrogen and oxygen atoms in total. The molecule has 1 fully saturated rings. The lowest BCUT2D eigenvalue weighted by Gasteiger charge is -2.18. The van der Waals surface area contributed by atoms with E-state index in [1.54, 1.807) is 0 Å². The van der Waals surface area contributed by atoms with Crippen molar-refractivity contribution in [3.63, 3.8) is 0 Å². The van der Waals surface area contributed by atoms with Gasteiger partial charge < -0.3 is 4.74 Å². The Morgan fingerprint density at radius 2 is 2.17 bits per heavy atom. The van der Waals surface area contributed by atoms with Gasteiger partial charge in [0.05, 0.1) is 12.4 Å². The van der Waals surface area contributed by atoms with E-state index in [2.05, 4.69) is 6.92 Å². The average Bonchev–Trinajstić information content (AvgIpc) is 3.33. The first-order valence-electron chi connectivity index (χ1n) is 8.76. The number of hydrogen-bond acceptors (Lipinski definition) is 6. The summed E-state index contributed by atoms with van der Waals surface area (Å²) in [6, 6.07) is 0. The number of rotatable bonds is 5. The molecule has 2 aliphatic rings. The summed E-state index contributed by atoms with van der Waals surface area (Å²) in [6.07, 6.45) is 5.86. The Kier molecular flexibility index (Phi) is 4.52. The van der Waals surface area contributed by atoms with Crippen LogP contribution in [-0.4, -0.2) is 28.3 Å². The van der Waals surface area contributed by atoms with E-state index in [9.17, 15) is 4.79 Å². The van der Waals surface area contributed by atoms with Gasteiger partial charge in [0.25, 0.3) is 0 Å². The summed E-state index contributed by atoms with van der Waals surface area (Å²) < 4.78 is 5.07. The van der Waals surface area contributed by atoms with Gasteiger partial charge in [-0.2, -0.15) is 0 Å². The number of carbonyl (C=O) groups excluding carboxylic acids is 1. The number of ether oxygens (including phenoxy) is 1. The molecule has 0 saturated heterocycles. The summed E-state index contributed by atoms with van der Waals surface area (Å²) >= 11 is 3.36. The third-order valence-electron chi connectivity index (χ3n) is 4.71. The molecular formula is C18H22N2O2S2. The lowest BCUT2D eigenvalue weighted by Crippen LogP contribution is -2.09. The topological polar surface area (TPSA) is 52.1 Å². The van der Waals surface area contributed by atoms with Gasteiger partial charge in [-0.15, -0.1) is 11.3 Å². The predicted octanol–water partition coefficient (Wildman–Crippen LogP) is 4.35. The minimum absolute atomic E-state index is 0.167. The third kappa shape index (κ3) is 3.18. The molecule has 1 saturated carbocycles. The molecule has 2 heterocycles. The lowest BCUT2D eigenvalue weighted by atomic mass is 9.89. The second-order valence-corrected chi connectivity index (χ2v) is 8.83. The number of thioether (sulfide) groups is 1. The highest BCUT2D eigenvalue weighted by Gasteiger charge is 2.30. The first kappa shape index (κ1) is 16.3. The minimum atomic E-state index is -0.167. The standard InChI is InChI=1S/C18H22N2O2S2/c1-3-22-14(21)9-23-17-15-12-7-4-10(2)8-13(12)24-18(15)20-16(19-17)11-5-6-11/h10-11H,3-9H2,1-2H3. The van der Waals surface area contributed by atoms with Crippen LogP contribution in [0.3, 0.4) is 0 Å². The second-order valence-electron chi connectivity index (χ2n) is 6.79. The minimum Gasteiger partial charge on any atom is -0.465 e. The van der Waals surface area contributed by atoms with Crippen LogP contribution < -0.4 is 0 Å². The van der Waals surface area contributed by atoms with E-state index in [1.165, 1.54) is 46.9 Å². The average molecular weight is 363 g/mol.